The van der Waals surface area contributed by atoms with Gasteiger partial charge in [-0.2, -0.15) is 0 Å². The third-order valence-corrected chi connectivity index (χ3v) is 2.80. The van der Waals surface area contributed by atoms with Crippen molar-refractivity contribution in [1.82, 2.24) is 9.88 Å². The number of amides is 1. The number of carboxylic acid groups (broad SMARTS) is 1. The summed E-state index contributed by atoms with van der Waals surface area (Å²) in [6.45, 7) is 2.85. The molecule has 1 atom stereocenters. The van der Waals surface area contributed by atoms with Crippen molar-refractivity contribution in [3.05, 3.63) is 30.1 Å². The molecule has 0 aliphatic carbocycles. The first-order valence-electron chi connectivity index (χ1n) is 6.19. The van der Waals surface area contributed by atoms with Crippen molar-refractivity contribution in [2.45, 2.75) is 32.4 Å². The van der Waals surface area contributed by atoms with Crippen LogP contribution in [-0.2, 0) is 16.1 Å². The lowest BCUT2D eigenvalue weighted by molar-refractivity contribution is -0.137. The molecule has 104 valence electrons. The molecule has 1 amide bonds. The van der Waals surface area contributed by atoms with Crippen molar-refractivity contribution >= 4 is 11.9 Å². The van der Waals surface area contributed by atoms with Crippen molar-refractivity contribution in [2.24, 2.45) is 5.73 Å². The summed E-state index contributed by atoms with van der Waals surface area (Å²) in [5.41, 5.74) is 6.70. The van der Waals surface area contributed by atoms with Crippen LogP contribution in [0.25, 0.3) is 0 Å². The highest BCUT2D eigenvalue weighted by atomic mass is 16.4. The lowest BCUT2D eigenvalue weighted by Gasteiger charge is -2.24. The van der Waals surface area contributed by atoms with Gasteiger partial charge in [-0.05, 0) is 31.0 Å². The van der Waals surface area contributed by atoms with Crippen LogP contribution in [0.1, 0.15) is 25.3 Å². The molecule has 3 N–H and O–H groups in total. The van der Waals surface area contributed by atoms with Gasteiger partial charge in [0.2, 0.25) is 5.91 Å². The third-order valence-electron chi connectivity index (χ3n) is 2.80. The molecule has 0 aliphatic rings. The SMILES string of the molecule is CCN(Cc1ccncc1)C(=O)C(N)CCC(=O)O. The van der Waals surface area contributed by atoms with Gasteiger partial charge in [-0.1, -0.05) is 0 Å². The summed E-state index contributed by atoms with van der Waals surface area (Å²) < 4.78 is 0. The Morgan fingerprint density at radius 1 is 1.42 bits per heavy atom. The number of likely N-dealkylation sites (N-methyl/N-ethyl adjacent to an activating group) is 1. The first-order chi connectivity index (χ1) is 9.04. The van der Waals surface area contributed by atoms with Gasteiger partial charge in [-0.3, -0.25) is 14.6 Å². The minimum absolute atomic E-state index is 0.0975. The molecule has 19 heavy (non-hydrogen) atoms. The highest BCUT2D eigenvalue weighted by molar-refractivity contribution is 5.82. The van der Waals surface area contributed by atoms with Crippen LogP contribution in [-0.4, -0.2) is 39.5 Å². The van der Waals surface area contributed by atoms with Crippen LogP contribution in [0.5, 0.6) is 0 Å². The first kappa shape index (κ1) is 15.1. The zero-order valence-corrected chi connectivity index (χ0v) is 11.0. The number of nitrogens with zero attached hydrogens (tertiary/aromatic N) is 2. The lowest BCUT2D eigenvalue weighted by Crippen LogP contribution is -2.43. The molecule has 0 spiro atoms. The van der Waals surface area contributed by atoms with Gasteiger partial charge < -0.3 is 15.7 Å². The Morgan fingerprint density at radius 3 is 2.58 bits per heavy atom. The molecule has 6 heteroatoms. The van der Waals surface area contributed by atoms with Gasteiger partial charge in [-0.15, -0.1) is 0 Å². The first-order valence-corrected chi connectivity index (χ1v) is 6.19. The zero-order chi connectivity index (χ0) is 14.3. The average molecular weight is 265 g/mol. The van der Waals surface area contributed by atoms with E-state index in [9.17, 15) is 9.59 Å². The molecule has 6 nitrogen and oxygen atoms in total. The van der Waals surface area contributed by atoms with E-state index in [1.54, 1.807) is 17.3 Å². The van der Waals surface area contributed by atoms with Crippen molar-refractivity contribution in [2.75, 3.05) is 6.54 Å². The predicted octanol–water partition coefficient (Wildman–Crippen LogP) is 0.622. The number of hydrogen-bond acceptors (Lipinski definition) is 4. The van der Waals surface area contributed by atoms with E-state index in [0.717, 1.165) is 5.56 Å². The molecule has 0 bridgehead atoms. The smallest absolute Gasteiger partial charge is 0.303 e. The molecule has 1 rings (SSSR count). The van der Waals surface area contributed by atoms with E-state index in [4.69, 9.17) is 10.8 Å². The number of hydrogen-bond donors (Lipinski definition) is 2. The molecular formula is C13H19N3O3. The van der Waals surface area contributed by atoms with Gasteiger partial charge in [0.25, 0.3) is 0 Å². The molecule has 1 aromatic rings. The summed E-state index contributed by atoms with van der Waals surface area (Å²) in [4.78, 5) is 28.1. The van der Waals surface area contributed by atoms with Gasteiger partial charge in [0.05, 0.1) is 6.04 Å². The number of aromatic nitrogens is 1. The van der Waals surface area contributed by atoms with Crippen molar-refractivity contribution in [1.29, 1.82) is 0 Å². The van der Waals surface area contributed by atoms with Crippen LogP contribution in [0.15, 0.2) is 24.5 Å². The fourth-order valence-corrected chi connectivity index (χ4v) is 1.69. The highest BCUT2D eigenvalue weighted by Crippen LogP contribution is 2.07. The van der Waals surface area contributed by atoms with Crippen molar-refractivity contribution < 1.29 is 14.7 Å². The molecule has 0 aliphatic heterocycles. The molecule has 1 unspecified atom stereocenters. The topological polar surface area (TPSA) is 96.5 Å². The second-order valence-corrected chi connectivity index (χ2v) is 4.25. The minimum Gasteiger partial charge on any atom is -0.481 e. The zero-order valence-electron chi connectivity index (χ0n) is 11.0. The number of nitrogens with two attached hydrogens (primary N) is 1. The Bertz CT molecular complexity index is 422. The highest BCUT2D eigenvalue weighted by Gasteiger charge is 2.20. The molecule has 1 aromatic heterocycles. The quantitative estimate of drug-likeness (QED) is 0.753. The van der Waals surface area contributed by atoms with E-state index in [-0.39, 0.29) is 18.7 Å². The van der Waals surface area contributed by atoms with Gasteiger partial charge in [0, 0.05) is 31.9 Å². The third kappa shape index (κ3) is 5.05. The maximum Gasteiger partial charge on any atom is 0.303 e. The Morgan fingerprint density at radius 2 is 2.05 bits per heavy atom. The fourth-order valence-electron chi connectivity index (χ4n) is 1.69. The normalized spacial score (nSPS) is 11.9. The van der Waals surface area contributed by atoms with E-state index in [1.165, 1.54) is 0 Å². The molecule has 0 aromatic carbocycles. The van der Waals surface area contributed by atoms with E-state index in [0.29, 0.717) is 13.1 Å². The monoisotopic (exact) mass is 265 g/mol. The van der Waals surface area contributed by atoms with Crippen LogP contribution in [0.3, 0.4) is 0 Å². The van der Waals surface area contributed by atoms with Gasteiger partial charge >= 0.3 is 5.97 Å². The van der Waals surface area contributed by atoms with Crippen LogP contribution in [0.4, 0.5) is 0 Å². The molecule has 0 saturated carbocycles. The largest absolute Gasteiger partial charge is 0.481 e. The van der Waals surface area contributed by atoms with Crippen LogP contribution in [0.2, 0.25) is 0 Å². The Balaban J connectivity index is 2.58. The number of carbonyl (C=O) groups excluding carboxylic acids is 1. The molecule has 0 saturated heterocycles. The Hall–Kier alpha value is -1.95. The maximum absolute atomic E-state index is 12.1. The molecule has 1 heterocycles. The second kappa shape index (κ2) is 7.48. The average Bonchev–Trinajstić information content (AvgIpc) is 2.42. The number of pyridine rings is 1. The fraction of sp³-hybridized carbons (Fsp3) is 0.462. The van der Waals surface area contributed by atoms with E-state index >= 15 is 0 Å². The number of carboxylic acids is 1. The Labute approximate surface area is 112 Å². The number of rotatable bonds is 7. The van der Waals surface area contributed by atoms with Crippen LogP contribution >= 0.6 is 0 Å². The maximum atomic E-state index is 12.1. The summed E-state index contributed by atoms with van der Waals surface area (Å²) in [6, 6.07) is 2.90. The van der Waals surface area contributed by atoms with Crippen molar-refractivity contribution in [3.8, 4) is 0 Å². The number of aliphatic carboxylic acids is 1. The minimum atomic E-state index is -0.944. The molecule has 0 fully saturated rings. The summed E-state index contributed by atoms with van der Waals surface area (Å²) in [5.74, 6) is -1.17. The second-order valence-electron chi connectivity index (χ2n) is 4.25. The summed E-state index contributed by atoms with van der Waals surface area (Å²) in [6.07, 6.45) is 3.39. The summed E-state index contributed by atoms with van der Waals surface area (Å²) >= 11 is 0. The van der Waals surface area contributed by atoms with E-state index < -0.39 is 12.0 Å². The van der Waals surface area contributed by atoms with E-state index in [1.807, 2.05) is 19.1 Å². The van der Waals surface area contributed by atoms with E-state index in [2.05, 4.69) is 4.98 Å². The molecular weight excluding hydrogens is 246 g/mol. The summed E-state index contributed by atoms with van der Waals surface area (Å²) in [7, 11) is 0. The standard InChI is InChI=1S/C13H19N3O3/c1-2-16(9-10-5-7-15-8-6-10)13(19)11(14)3-4-12(17)18/h5-8,11H,2-4,9,14H2,1H3,(H,17,18). The van der Waals surface area contributed by atoms with Gasteiger partial charge in [0.1, 0.15) is 0 Å². The molecule has 0 radical (unpaired) electrons. The van der Waals surface area contributed by atoms with Gasteiger partial charge in [-0.25, -0.2) is 0 Å². The Kier molecular flexibility index (Phi) is 5.95. The van der Waals surface area contributed by atoms with Crippen LogP contribution in [0, 0.1) is 0 Å². The van der Waals surface area contributed by atoms with Gasteiger partial charge in [0.15, 0.2) is 0 Å². The number of carbonyl (C=O) groups is 2. The summed E-state index contributed by atoms with van der Waals surface area (Å²) in [5, 5.41) is 8.59. The van der Waals surface area contributed by atoms with Crippen molar-refractivity contribution in [3.63, 3.8) is 0 Å². The predicted molar refractivity (Wildman–Crippen MR) is 70.2 cm³/mol. The van der Waals surface area contributed by atoms with Crippen LogP contribution < -0.4 is 5.73 Å². The lowest BCUT2D eigenvalue weighted by atomic mass is 10.1.